The third-order valence-corrected chi connectivity index (χ3v) is 8.62. The Balaban J connectivity index is 1.59. The maximum atomic E-state index is 13.6. The van der Waals surface area contributed by atoms with Crippen LogP contribution in [0.3, 0.4) is 0 Å². The van der Waals surface area contributed by atoms with Gasteiger partial charge in [-0.2, -0.15) is 11.8 Å². The lowest BCUT2D eigenvalue weighted by atomic mass is 9.91. The van der Waals surface area contributed by atoms with E-state index in [9.17, 15) is 9.59 Å². The second-order valence-electron chi connectivity index (χ2n) is 8.79. The molecule has 1 aliphatic carbocycles. The summed E-state index contributed by atoms with van der Waals surface area (Å²) in [4.78, 5) is 29.0. The molecule has 1 atom stereocenters. The Morgan fingerprint density at radius 2 is 2.10 bits per heavy atom. The minimum Gasteiger partial charge on any atom is -0.351 e. The van der Waals surface area contributed by atoms with Crippen LogP contribution in [0.5, 0.6) is 0 Å². The Bertz CT molecular complexity index is 900. The Kier molecular flexibility index (Phi) is 6.78. The minimum atomic E-state index is -0.856. The Morgan fingerprint density at radius 1 is 1.30 bits per heavy atom. The first-order valence-electron chi connectivity index (χ1n) is 11.3. The van der Waals surface area contributed by atoms with Crippen molar-refractivity contribution in [2.75, 3.05) is 18.1 Å². The van der Waals surface area contributed by atoms with Gasteiger partial charge in [0.05, 0.1) is 16.8 Å². The van der Waals surface area contributed by atoms with E-state index in [1.807, 2.05) is 29.7 Å². The van der Waals surface area contributed by atoms with E-state index in [0.717, 1.165) is 46.7 Å². The number of amides is 2. The van der Waals surface area contributed by atoms with Crippen LogP contribution in [0.15, 0.2) is 17.5 Å². The second-order valence-corrected chi connectivity index (χ2v) is 11.0. The van der Waals surface area contributed by atoms with Crippen LogP contribution in [0.4, 0.5) is 0 Å². The molecular formula is C23H33N3O2S2. The molecule has 5 nitrogen and oxygen atoms in total. The second kappa shape index (κ2) is 9.35. The average Bonchev–Trinajstić information content (AvgIpc) is 3.33. The van der Waals surface area contributed by atoms with Crippen molar-refractivity contribution in [1.82, 2.24) is 14.8 Å². The average molecular weight is 448 g/mol. The Hall–Kier alpha value is -1.47. The van der Waals surface area contributed by atoms with Gasteiger partial charge in [0.1, 0.15) is 11.2 Å². The fourth-order valence-corrected chi connectivity index (χ4v) is 6.43. The summed E-state index contributed by atoms with van der Waals surface area (Å²) in [5.41, 5.74) is 0.935. The van der Waals surface area contributed by atoms with Gasteiger partial charge in [0.2, 0.25) is 5.91 Å². The summed E-state index contributed by atoms with van der Waals surface area (Å²) in [6.07, 6.45) is 7.79. The van der Waals surface area contributed by atoms with Crippen molar-refractivity contribution in [1.29, 1.82) is 0 Å². The van der Waals surface area contributed by atoms with Crippen molar-refractivity contribution in [2.45, 2.75) is 76.9 Å². The highest BCUT2D eigenvalue weighted by molar-refractivity contribution is 7.99. The molecule has 2 aromatic heterocycles. The summed E-state index contributed by atoms with van der Waals surface area (Å²) in [6, 6.07) is 4.31. The van der Waals surface area contributed by atoms with Gasteiger partial charge < -0.3 is 14.8 Å². The van der Waals surface area contributed by atoms with E-state index in [4.69, 9.17) is 0 Å². The van der Waals surface area contributed by atoms with Gasteiger partial charge in [-0.05, 0) is 61.6 Å². The molecule has 164 valence electrons. The SMILES string of the molecule is CCCSCCCN1C(=O)c2cc3sccc3n2CC1(C)C(=O)NC1CCCCC1. The lowest BCUT2D eigenvalue weighted by Gasteiger charge is -2.45. The fourth-order valence-electron chi connectivity index (χ4n) is 4.78. The van der Waals surface area contributed by atoms with Crippen molar-refractivity contribution in [2.24, 2.45) is 0 Å². The Labute approximate surface area is 187 Å². The molecule has 0 bridgehead atoms. The van der Waals surface area contributed by atoms with Crippen molar-refractivity contribution >= 4 is 45.1 Å². The lowest BCUT2D eigenvalue weighted by Crippen LogP contribution is -2.65. The van der Waals surface area contributed by atoms with Gasteiger partial charge in [0.15, 0.2) is 0 Å². The van der Waals surface area contributed by atoms with Crippen molar-refractivity contribution < 1.29 is 9.59 Å². The number of nitrogens with zero attached hydrogens (tertiary/aromatic N) is 2. The van der Waals surface area contributed by atoms with E-state index in [1.165, 1.54) is 25.7 Å². The number of aromatic nitrogens is 1. The first kappa shape index (κ1) is 21.8. The van der Waals surface area contributed by atoms with Gasteiger partial charge in [0.25, 0.3) is 5.91 Å². The molecule has 0 radical (unpaired) electrons. The number of hydrogen-bond acceptors (Lipinski definition) is 4. The van der Waals surface area contributed by atoms with Crippen LogP contribution < -0.4 is 5.32 Å². The molecule has 4 rings (SSSR count). The van der Waals surface area contributed by atoms with E-state index in [2.05, 4.69) is 28.3 Å². The maximum absolute atomic E-state index is 13.6. The first-order chi connectivity index (χ1) is 14.5. The number of rotatable bonds is 8. The molecule has 0 aromatic carbocycles. The predicted octanol–water partition coefficient (Wildman–Crippen LogP) is 4.90. The topological polar surface area (TPSA) is 54.3 Å². The van der Waals surface area contributed by atoms with Gasteiger partial charge in [-0.1, -0.05) is 26.2 Å². The molecule has 7 heteroatoms. The summed E-state index contributed by atoms with van der Waals surface area (Å²) in [5, 5.41) is 5.36. The van der Waals surface area contributed by atoms with Crippen LogP contribution in [0.1, 0.15) is 69.3 Å². The molecule has 0 saturated heterocycles. The Morgan fingerprint density at radius 3 is 2.87 bits per heavy atom. The quantitative estimate of drug-likeness (QED) is 0.586. The zero-order valence-electron chi connectivity index (χ0n) is 18.1. The van der Waals surface area contributed by atoms with E-state index in [0.29, 0.717) is 13.1 Å². The molecule has 1 saturated carbocycles. The molecule has 3 heterocycles. The van der Waals surface area contributed by atoms with Gasteiger partial charge in [0, 0.05) is 12.6 Å². The third-order valence-electron chi connectivity index (χ3n) is 6.50. The highest BCUT2D eigenvalue weighted by atomic mass is 32.2. The summed E-state index contributed by atoms with van der Waals surface area (Å²) < 4.78 is 3.19. The zero-order valence-corrected chi connectivity index (χ0v) is 19.7. The number of nitrogens with one attached hydrogen (secondary N) is 1. The number of carbonyl (C=O) groups is 2. The molecule has 30 heavy (non-hydrogen) atoms. The smallest absolute Gasteiger partial charge is 0.271 e. The van der Waals surface area contributed by atoms with Crippen LogP contribution in [0.25, 0.3) is 10.2 Å². The van der Waals surface area contributed by atoms with Crippen LogP contribution in [-0.4, -0.2) is 50.9 Å². The van der Waals surface area contributed by atoms with Gasteiger partial charge in [-0.3, -0.25) is 9.59 Å². The maximum Gasteiger partial charge on any atom is 0.271 e. The molecule has 1 N–H and O–H groups in total. The normalized spacial score (nSPS) is 22.5. The standard InChI is InChI=1S/C23H33N3O2S2/c1-3-12-29-13-7-11-26-21(27)19-15-20-18(10-14-30-20)25(19)16-23(26,2)22(28)24-17-8-5-4-6-9-17/h10,14-15,17H,3-9,11-13,16H2,1-2H3,(H,24,28). The highest BCUT2D eigenvalue weighted by Crippen LogP contribution is 2.35. The van der Waals surface area contributed by atoms with E-state index < -0.39 is 5.54 Å². The number of hydrogen-bond donors (Lipinski definition) is 1. The predicted molar refractivity (Wildman–Crippen MR) is 127 cm³/mol. The molecule has 1 unspecified atom stereocenters. The van der Waals surface area contributed by atoms with Gasteiger partial charge in [-0.15, -0.1) is 11.3 Å². The van der Waals surface area contributed by atoms with Crippen LogP contribution in [0, 0.1) is 0 Å². The zero-order chi connectivity index (χ0) is 21.1. The largest absolute Gasteiger partial charge is 0.351 e. The summed E-state index contributed by atoms with van der Waals surface area (Å²) in [7, 11) is 0. The van der Waals surface area contributed by atoms with Crippen LogP contribution in [0.2, 0.25) is 0 Å². The summed E-state index contributed by atoms with van der Waals surface area (Å²) in [6.45, 7) is 5.30. The summed E-state index contributed by atoms with van der Waals surface area (Å²) >= 11 is 3.58. The number of thiophene rings is 1. The van der Waals surface area contributed by atoms with Crippen molar-refractivity contribution in [3.05, 3.63) is 23.2 Å². The van der Waals surface area contributed by atoms with E-state index in [1.54, 1.807) is 11.3 Å². The monoisotopic (exact) mass is 447 g/mol. The third kappa shape index (κ3) is 4.15. The van der Waals surface area contributed by atoms with Crippen LogP contribution in [-0.2, 0) is 11.3 Å². The van der Waals surface area contributed by atoms with E-state index >= 15 is 0 Å². The van der Waals surface area contributed by atoms with Crippen LogP contribution >= 0.6 is 23.1 Å². The molecule has 2 aliphatic rings. The molecule has 2 aromatic rings. The van der Waals surface area contributed by atoms with Gasteiger partial charge >= 0.3 is 0 Å². The molecule has 0 spiro atoms. The molecule has 1 aliphatic heterocycles. The van der Waals surface area contributed by atoms with Crippen molar-refractivity contribution in [3.8, 4) is 0 Å². The number of thioether (sulfide) groups is 1. The molecular weight excluding hydrogens is 414 g/mol. The summed E-state index contributed by atoms with van der Waals surface area (Å²) in [5.74, 6) is 2.17. The number of carbonyl (C=O) groups excluding carboxylic acids is 2. The van der Waals surface area contributed by atoms with E-state index in [-0.39, 0.29) is 17.9 Å². The van der Waals surface area contributed by atoms with Gasteiger partial charge in [-0.25, -0.2) is 0 Å². The molecule has 1 fully saturated rings. The van der Waals surface area contributed by atoms with Crippen molar-refractivity contribution in [3.63, 3.8) is 0 Å². The first-order valence-corrected chi connectivity index (χ1v) is 13.4. The fraction of sp³-hybridized carbons (Fsp3) is 0.652. The lowest BCUT2D eigenvalue weighted by molar-refractivity contribution is -0.133. The molecule has 2 amide bonds. The highest BCUT2D eigenvalue weighted by Gasteiger charge is 2.47. The number of fused-ring (bicyclic) bond motifs is 3. The minimum absolute atomic E-state index is 0.00620.